The Bertz CT molecular complexity index is 1030. The van der Waals surface area contributed by atoms with Gasteiger partial charge in [0, 0.05) is 23.4 Å². The molecule has 6 heteroatoms. The van der Waals surface area contributed by atoms with Gasteiger partial charge < -0.3 is 4.57 Å². The molecule has 1 heterocycles. The number of rotatable bonds is 1. The van der Waals surface area contributed by atoms with Gasteiger partial charge >= 0.3 is 6.18 Å². The molecule has 0 fully saturated rings. The second kappa shape index (κ2) is 5.33. The number of hydrogen-bond acceptors (Lipinski definition) is 2. The highest BCUT2D eigenvalue weighted by atomic mass is 32.1. The first-order valence-electron chi connectivity index (χ1n) is 7.84. The third kappa shape index (κ3) is 2.35. The van der Waals surface area contributed by atoms with Crippen molar-refractivity contribution in [2.45, 2.75) is 19.0 Å². The standard InChI is InChI=1S/C19H15F3N2S/c1-10-15-13(11-6-8-12(9-7-11)19(20,21)22)4-3-5-14(15)16-17(10)25-18(23)24(16)2/h3-10,23H,1-2H3. The molecule has 1 atom stereocenters. The van der Waals surface area contributed by atoms with Gasteiger partial charge in [-0.1, -0.05) is 37.3 Å². The Labute approximate surface area is 146 Å². The highest BCUT2D eigenvalue weighted by Gasteiger charge is 2.33. The number of alkyl halides is 3. The van der Waals surface area contributed by atoms with E-state index < -0.39 is 11.7 Å². The molecule has 2 aromatic carbocycles. The van der Waals surface area contributed by atoms with Crippen molar-refractivity contribution in [1.82, 2.24) is 4.57 Å². The molecule has 128 valence electrons. The van der Waals surface area contributed by atoms with E-state index in [1.165, 1.54) is 23.5 Å². The van der Waals surface area contributed by atoms with E-state index in [-0.39, 0.29) is 5.92 Å². The zero-order valence-electron chi connectivity index (χ0n) is 13.6. The second-order valence-corrected chi connectivity index (χ2v) is 7.27. The van der Waals surface area contributed by atoms with Crippen LogP contribution in [-0.4, -0.2) is 4.57 Å². The van der Waals surface area contributed by atoms with Gasteiger partial charge in [-0.25, -0.2) is 0 Å². The molecule has 1 aliphatic rings. The first kappa shape index (κ1) is 16.1. The molecule has 0 saturated heterocycles. The Morgan fingerprint density at radius 3 is 2.32 bits per heavy atom. The van der Waals surface area contributed by atoms with Crippen LogP contribution in [0.5, 0.6) is 0 Å². The van der Waals surface area contributed by atoms with Gasteiger partial charge in [-0.05, 0) is 28.8 Å². The zero-order valence-corrected chi connectivity index (χ0v) is 14.4. The Hall–Kier alpha value is -2.34. The second-order valence-electron chi connectivity index (χ2n) is 6.24. The summed E-state index contributed by atoms with van der Waals surface area (Å²) < 4.78 is 40.3. The van der Waals surface area contributed by atoms with E-state index in [0.717, 1.165) is 45.0 Å². The van der Waals surface area contributed by atoms with Gasteiger partial charge in [-0.3, -0.25) is 5.41 Å². The molecule has 1 aliphatic carbocycles. The lowest BCUT2D eigenvalue weighted by atomic mass is 9.91. The summed E-state index contributed by atoms with van der Waals surface area (Å²) in [5, 5.41) is 8.02. The molecule has 0 amide bonds. The predicted molar refractivity (Wildman–Crippen MR) is 92.5 cm³/mol. The van der Waals surface area contributed by atoms with Crippen molar-refractivity contribution in [3.63, 3.8) is 0 Å². The monoisotopic (exact) mass is 360 g/mol. The number of halogens is 3. The van der Waals surface area contributed by atoms with Crippen LogP contribution in [0.15, 0.2) is 42.5 Å². The lowest BCUT2D eigenvalue weighted by molar-refractivity contribution is -0.137. The lowest BCUT2D eigenvalue weighted by Gasteiger charge is -2.14. The molecular weight excluding hydrogens is 345 g/mol. The van der Waals surface area contributed by atoms with Crippen LogP contribution in [0.25, 0.3) is 22.4 Å². The van der Waals surface area contributed by atoms with Gasteiger partial charge in [-0.15, -0.1) is 11.3 Å². The summed E-state index contributed by atoms with van der Waals surface area (Å²) in [4.78, 5) is 1.64. The van der Waals surface area contributed by atoms with Gasteiger partial charge in [0.2, 0.25) is 0 Å². The number of benzene rings is 2. The largest absolute Gasteiger partial charge is 0.416 e. The highest BCUT2D eigenvalue weighted by Crippen LogP contribution is 2.49. The number of thiazole rings is 1. The van der Waals surface area contributed by atoms with E-state index in [2.05, 4.69) is 6.92 Å². The number of aromatic nitrogens is 1. The van der Waals surface area contributed by atoms with Gasteiger partial charge in [0.15, 0.2) is 4.80 Å². The molecule has 0 spiro atoms. The summed E-state index contributed by atoms with van der Waals surface area (Å²) in [5.41, 5.74) is 4.33. The molecule has 1 N–H and O–H groups in total. The van der Waals surface area contributed by atoms with Gasteiger partial charge in [-0.2, -0.15) is 13.2 Å². The van der Waals surface area contributed by atoms with Crippen LogP contribution in [0.3, 0.4) is 0 Å². The van der Waals surface area contributed by atoms with Crippen molar-refractivity contribution in [2.24, 2.45) is 7.05 Å². The maximum Gasteiger partial charge on any atom is 0.416 e. The quantitative estimate of drug-likeness (QED) is 0.603. The molecule has 0 radical (unpaired) electrons. The first-order chi connectivity index (χ1) is 11.8. The van der Waals surface area contributed by atoms with Crippen molar-refractivity contribution >= 4 is 11.3 Å². The van der Waals surface area contributed by atoms with Gasteiger partial charge in [0.1, 0.15) is 0 Å². The van der Waals surface area contributed by atoms with Crippen LogP contribution < -0.4 is 4.80 Å². The third-order valence-electron chi connectivity index (χ3n) is 4.79. The molecule has 2 nitrogen and oxygen atoms in total. The van der Waals surface area contributed by atoms with Gasteiger partial charge in [0.05, 0.1) is 11.3 Å². The summed E-state index contributed by atoms with van der Waals surface area (Å²) in [6.07, 6.45) is -4.33. The molecular formula is C19H15F3N2S. The van der Waals surface area contributed by atoms with Crippen molar-refractivity contribution in [2.75, 3.05) is 0 Å². The summed E-state index contributed by atoms with van der Waals surface area (Å²) in [6.45, 7) is 2.09. The van der Waals surface area contributed by atoms with Crippen LogP contribution in [0.1, 0.15) is 28.8 Å². The average molecular weight is 360 g/mol. The zero-order chi connectivity index (χ0) is 17.9. The van der Waals surface area contributed by atoms with Crippen LogP contribution >= 0.6 is 11.3 Å². The topological polar surface area (TPSA) is 28.8 Å². The minimum Gasteiger partial charge on any atom is -0.320 e. The van der Waals surface area contributed by atoms with Crippen LogP contribution in [0, 0.1) is 5.41 Å². The summed E-state index contributed by atoms with van der Waals surface area (Å²) >= 11 is 1.46. The summed E-state index contributed by atoms with van der Waals surface area (Å²) in [6, 6.07) is 11.2. The minimum atomic E-state index is -4.33. The Kier molecular flexibility index (Phi) is 3.44. The maximum atomic E-state index is 12.8. The lowest BCUT2D eigenvalue weighted by Crippen LogP contribution is -2.09. The van der Waals surface area contributed by atoms with Crippen molar-refractivity contribution in [3.05, 3.63) is 63.3 Å². The van der Waals surface area contributed by atoms with Crippen molar-refractivity contribution < 1.29 is 13.2 Å². The first-order valence-corrected chi connectivity index (χ1v) is 8.66. The molecule has 3 aromatic rings. The molecule has 0 aliphatic heterocycles. The van der Waals surface area contributed by atoms with Crippen molar-refractivity contribution in [1.29, 1.82) is 5.41 Å². The predicted octanol–water partition coefficient (Wildman–Crippen LogP) is 5.38. The number of nitrogens with zero attached hydrogens (tertiary/aromatic N) is 1. The fraction of sp³-hybridized carbons (Fsp3) is 0.211. The SMILES string of the molecule is CC1c2sc(=N)n(C)c2-c2cccc(-c3ccc(C(F)(F)F)cc3)c21. The van der Waals surface area contributed by atoms with E-state index >= 15 is 0 Å². The average Bonchev–Trinajstić information content (AvgIpc) is 3.02. The van der Waals surface area contributed by atoms with Crippen LogP contribution in [0.2, 0.25) is 0 Å². The number of fused-ring (bicyclic) bond motifs is 3. The number of nitrogens with one attached hydrogen (secondary N) is 1. The highest BCUT2D eigenvalue weighted by molar-refractivity contribution is 7.09. The van der Waals surface area contributed by atoms with Gasteiger partial charge in [0.25, 0.3) is 0 Å². The molecule has 4 rings (SSSR count). The molecule has 25 heavy (non-hydrogen) atoms. The third-order valence-corrected chi connectivity index (χ3v) is 6.02. The normalized spacial score (nSPS) is 16.0. The molecule has 1 aromatic heterocycles. The van der Waals surface area contributed by atoms with E-state index in [1.807, 2.05) is 29.8 Å². The molecule has 0 saturated carbocycles. The maximum absolute atomic E-state index is 12.8. The Balaban J connectivity index is 1.88. The van der Waals surface area contributed by atoms with E-state index in [1.54, 1.807) is 0 Å². The fourth-order valence-corrected chi connectivity index (χ4v) is 4.63. The Morgan fingerprint density at radius 1 is 1.04 bits per heavy atom. The summed E-state index contributed by atoms with van der Waals surface area (Å²) in [7, 11) is 1.88. The van der Waals surface area contributed by atoms with E-state index in [0.29, 0.717) is 4.80 Å². The molecule has 1 unspecified atom stereocenters. The van der Waals surface area contributed by atoms with E-state index in [9.17, 15) is 13.2 Å². The Morgan fingerprint density at radius 2 is 1.68 bits per heavy atom. The molecule has 0 bridgehead atoms. The van der Waals surface area contributed by atoms with Crippen LogP contribution in [-0.2, 0) is 13.2 Å². The minimum absolute atomic E-state index is 0.124. The fourth-order valence-electron chi connectivity index (χ4n) is 3.55. The smallest absolute Gasteiger partial charge is 0.320 e. The van der Waals surface area contributed by atoms with E-state index in [4.69, 9.17) is 5.41 Å². The summed E-state index contributed by atoms with van der Waals surface area (Å²) in [5.74, 6) is 0.124. The van der Waals surface area contributed by atoms with Crippen molar-refractivity contribution in [3.8, 4) is 22.4 Å². The van der Waals surface area contributed by atoms with Crippen LogP contribution in [0.4, 0.5) is 13.2 Å². The number of hydrogen-bond donors (Lipinski definition) is 1.